The number of likely N-dealkylation sites (N-methyl/N-ethyl adjacent to an activating group) is 1. The van der Waals surface area contributed by atoms with Crippen molar-refractivity contribution in [3.8, 4) is 11.5 Å². The number of phenolic OH excluding ortho intramolecular Hbond substituents is 1. The van der Waals surface area contributed by atoms with Crippen molar-refractivity contribution in [1.29, 1.82) is 0 Å². The van der Waals surface area contributed by atoms with Gasteiger partial charge in [0.1, 0.15) is 0 Å². The molecule has 2 saturated heterocycles. The van der Waals surface area contributed by atoms with E-state index >= 15 is 0 Å². The van der Waals surface area contributed by atoms with Crippen LogP contribution in [0.2, 0.25) is 0 Å². The normalized spacial score (nSPS) is 27.5. The van der Waals surface area contributed by atoms with Crippen molar-refractivity contribution >= 4 is 0 Å². The SMILES string of the molecule is COc1cc(CN2CCC3CCC(C2)N3C)ccc1O. The van der Waals surface area contributed by atoms with Gasteiger partial charge in [-0.25, -0.2) is 0 Å². The molecule has 1 N–H and O–H groups in total. The largest absolute Gasteiger partial charge is 0.504 e. The molecular weight excluding hydrogens is 252 g/mol. The zero-order chi connectivity index (χ0) is 14.1. The summed E-state index contributed by atoms with van der Waals surface area (Å²) in [6, 6.07) is 7.15. The molecule has 4 heteroatoms. The first-order chi connectivity index (χ1) is 9.67. The van der Waals surface area contributed by atoms with E-state index in [0.717, 1.165) is 25.7 Å². The second-order valence-electron chi connectivity index (χ2n) is 6.08. The second-order valence-corrected chi connectivity index (χ2v) is 6.08. The summed E-state index contributed by atoms with van der Waals surface area (Å²) in [5.74, 6) is 0.780. The number of rotatable bonds is 3. The smallest absolute Gasteiger partial charge is 0.160 e. The number of hydrogen-bond acceptors (Lipinski definition) is 4. The van der Waals surface area contributed by atoms with Gasteiger partial charge in [0, 0.05) is 31.7 Å². The fourth-order valence-corrected chi connectivity index (χ4v) is 3.60. The van der Waals surface area contributed by atoms with Crippen LogP contribution in [0.15, 0.2) is 18.2 Å². The number of fused-ring (bicyclic) bond motifs is 2. The lowest BCUT2D eigenvalue weighted by Crippen LogP contribution is -2.36. The zero-order valence-corrected chi connectivity index (χ0v) is 12.4. The van der Waals surface area contributed by atoms with Crippen molar-refractivity contribution in [1.82, 2.24) is 9.80 Å². The molecule has 3 rings (SSSR count). The van der Waals surface area contributed by atoms with Crippen molar-refractivity contribution in [2.75, 3.05) is 27.2 Å². The summed E-state index contributed by atoms with van der Waals surface area (Å²) in [6.07, 6.45) is 3.96. The van der Waals surface area contributed by atoms with E-state index in [1.807, 2.05) is 12.1 Å². The van der Waals surface area contributed by atoms with E-state index in [1.165, 1.54) is 24.8 Å². The molecule has 0 amide bonds. The zero-order valence-electron chi connectivity index (χ0n) is 12.4. The van der Waals surface area contributed by atoms with Crippen LogP contribution in [0.1, 0.15) is 24.8 Å². The van der Waals surface area contributed by atoms with Gasteiger partial charge in [0.05, 0.1) is 7.11 Å². The van der Waals surface area contributed by atoms with E-state index < -0.39 is 0 Å². The summed E-state index contributed by atoms with van der Waals surface area (Å²) in [4.78, 5) is 5.10. The number of benzene rings is 1. The van der Waals surface area contributed by atoms with E-state index in [4.69, 9.17) is 4.74 Å². The molecule has 1 aromatic rings. The Bertz CT molecular complexity index is 478. The van der Waals surface area contributed by atoms with E-state index in [1.54, 1.807) is 13.2 Å². The summed E-state index contributed by atoms with van der Waals surface area (Å²) >= 11 is 0. The fraction of sp³-hybridized carbons (Fsp3) is 0.625. The molecule has 110 valence electrons. The first-order valence-corrected chi connectivity index (χ1v) is 7.47. The third-order valence-corrected chi connectivity index (χ3v) is 4.88. The number of phenols is 1. The van der Waals surface area contributed by atoms with Crippen molar-refractivity contribution in [3.05, 3.63) is 23.8 Å². The molecule has 2 aliphatic heterocycles. The molecular formula is C16H24N2O2. The lowest BCUT2D eigenvalue weighted by Gasteiger charge is -2.25. The first-order valence-electron chi connectivity index (χ1n) is 7.47. The summed E-state index contributed by atoms with van der Waals surface area (Å²) in [5.41, 5.74) is 1.21. The molecule has 0 aromatic heterocycles. The summed E-state index contributed by atoms with van der Waals surface area (Å²) < 4.78 is 5.19. The Morgan fingerprint density at radius 1 is 1.25 bits per heavy atom. The van der Waals surface area contributed by atoms with Crippen LogP contribution in [0.4, 0.5) is 0 Å². The van der Waals surface area contributed by atoms with Gasteiger partial charge < -0.3 is 9.84 Å². The highest BCUT2D eigenvalue weighted by Gasteiger charge is 2.34. The van der Waals surface area contributed by atoms with Crippen LogP contribution in [0.25, 0.3) is 0 Å². The minimum absolute atomic E-state index is 0.214. The molecule has 2 fully saturated rings. The molecule has 0 aliphatic carbocycles. The Morgan fingerprint density at radius 3 is 2.85 bits per heavy atom. The average molecular weight is 276 g/mol. The topological polar surface area (TPSA) is 35.9 Å². The predicted octanol–water partition coefficient (Wildman–Crippen LogP) is 2.07. The molecule has 2 bridgehead atoms. The lowest BCUT2D eigenvalue weighted by molar-refractivity contribution is 0.214. The molecule has 0 saturated carbocycles. The van der Waals surface area contributed by atoms with Gasteiger partial charge in [0.15, 0.2) is 11.5 Å². The summed E-state index contributed by atoms with van der Waals surface area (Å²) in [7, 11) is 3.87. The minimum Gasteiger partial charge on any atom is -0.504 e. The highest BCUT2D eigenvalue weighted by molar-refractivity contribution is 5.41. The maximum atomic E-state index is 9.66. The second kappa shape index (κ2) is 5.62. The molecule has 2 unspecified atom stereocenters. The van der Waals surface area contributed by atoms with Gasteiger partial charge in [-0.1, -0.05) is 6.07 Å². The summed E-state index contributed by atoms with van der Waals surface area (Å²) in [5, 5.41) is 9.66. The van der Waals surface area contributed by atoms with Gasteiger partial charge in [-0.05, 0) is 44.0 Å². The molecule has 20 heavy (non-hydrogen) atoms. The Labute approximate surface area is 120 Å². The molecule has 2 aliphatic rings. The Balaban J connectivity index is 1.69. The van der Waals surface area contributed by atoms with Crippen molar-refractivity contribution < 1.29 is 9.84 Å². The van der Waals surface area contributed by atoms with E-state index in [9.17, 15) is 5.11 Å². The Hall–Kier alpha value is -1.26. The Kier molecular flexibility index (Phi) is 3.85. The van der Waals surface area contributed by atoms with Gasteiger partial charge in [-0.3, -0.25) is 9.80 Å². The number of nitrogens with zero attached hydrogens (tertiary/aromatic N) is 2. The number of hydrogen-bond donors (Lipinski definition) is 1. The van der Waals surface area contributed by atoms with Crippen LogP contribution in [0.3, 0.4) is 0 Å². The highest BCUT2D eigenvalue weighted by Crippen LogP contribution is 2.30. The molecule has 2 atom stereocenters. The highest BCUT2D eigenvalue weighted by atomic mass is 16.5. The average Bonchev–Trinajstić information content (AvgIpc) is 2.69. The van der Waals surface area contributed by atoms with Gasteiger partial charge >= 0.3 is 0 Å². The quantitative estimate of drug-likeness (QED) is 0.917. The van der Waals surface area contributed by atoms with E-state index in [-0.39, 0.29) is 5.75 Å². The van der Waals surface area contributed by atoms with Crippen LogP contribution >= 0.6 is 0 Å². The van der Waals surface area contributed by atoms with Crippen molar-refractivity contribution in [2.45, 2.75) is 37.9 Å². The van der Waals surface area contributed by atoms with Gasteiger partial charge in [-0.2, -0.15) is 0 Å². The third-order valence-electron chi connectivity index (χ3n) is 4.88. The molecule has 1 aromatic carbocycles. The fourth-order valence-electron chi connectivity index (χ4n) is 3.60. The molecule has 2 heterocycles. The van der Waals surface area contributed by atoms with Gasteiger partial charge in [-0.15, -0.1) is 0 Å². The van der Waals surface area contributed by atoms with Crippen LogP contribution in [-0.2, 0) is 6.54 Å². The van der Waals surface area contributed by atoms with E-state index in [0.29, 0.717) is 11.8 Å². The molecule has 0 spiro atoms. The Morgan fingerprint density at radius 2 is 2.05 bits per heavy atom. The number of ether oxygens (including phenoxy) is 1. The minimum atomic E-state index is 0.214. The van der Waals surface area contributed by atoms with Crippen LogP contribution in [0, 0.1) is 0 Å². The molecule has 4 nitrogen and oxygen atoms in total. The number of likely N-dealkylation sites (tertiary alicyclic amines) is 1. The van der Waals surface area contributed by atoms with Crippen molar-refractivity contribution in [2.24, 2.45) is 0 Å². The monoisotopic (exact) mass is 276 g/mol. The standard InChI is InChI=1S/C16H24N2O2/c1-17-13-4-5-14(17)11-18(8-7-13)10-12-3-6-15(19)16(9-12)20-2/h3,6,9,13-14,19H,4-5,7-8,10-11H2,1-2H3. The van der Waals surface area contributed by atoms with E-state index in [2.05, 4.69) is 16.8 Å². The van der Waals surface area contributed by atoms with Crippen LogP contribution in [-0.4, -0.2) is 54.2 Å². The third kappa shape index (κ3) is 2.63. The maximum absolute atomic E-state index is 9.66. The summed E-state index contributed by atoms with van der Waals surface area (Å²) in [6.45, 7) is 3.25. The number of aromatic hydroxyl groups is 1. The first kappa shape index (κ1) is 13.7. The maximum Gasteiger partial charge on any atom is 0.160 e. The lowest BCUT2D eigenvalue weighted by atomic mass is 10.1. The van der Waals surface area contributed by atoms with Gasteiger partial charge in [0.25, 0.3) is 0 Å². The van der Waals surface area contributed by atoms with Crippen molar-refractivity contribution in [3.63, 3.8) is 0 Å². The van der Waals surface area contributed by atoms with Gasteiger partial charge in [0.2, 0.25) is 0 Å². The predicted molar refractivity (Wildman–Crippen MR) is 79.1 cm³/mol. The van der Waals surface area contributed by atoms with Crippen LogP contribution in [0.5, 0.6) is 11.5 Å². The van der Waals surface area contributed by atoms with Crippen LogP contribution < -0.4 is 4.74 Å². The number of methoxy groups -OCH3 is 1. The molecule has 0 radical (unpaired) electrons.